The zero-order valence-electron chi connectivity index (χ0n) is 19.7. The van der Waals surface area contributed by atoms with Crippen molar-refractivity contribution in [3.63, 3.8) is 0 Å². The number of aromatic amines is 1. The van der Waals surface area contributed by atoms with Crippen molar-refractivity contribution in [1.82, 2.24) is 25.1 Å². The molecule has 2 amide bonds. The number of nitrogens with zero attached hydrogens (tertiary/aromatic N) is 3. The van der Waals surface area contributed by atoms with E-state index in [4.69, 9.17) is 10.8 Å². The molecule has 0 aliphatic carbocycles. The Labute approximate surface area is 203 Å². The lowest BCUT2D eigenvalue weighted by molar-refractivity contribution is 0.254. The van der Waals surface area contributed by atoms with Gasteiger partial charge in [0.2, 0.25) is 0 Å². The number of anilines is 1. The van der Waals surface area contributed by atoms with Crippen molar-refractivity contribution in [2.24, 2.45) is 5.73 Å². The van der Waals surface area contributed by atoms with E-state index >= 15 is 0 Å². The van der Waals surface area contributed by atoms with Crippen LogP contribution in [0.25, 0.3) is 44.7 Å². The quantitative estimate of drug-likeness (QED) is 0.283. The molecule has 0 unspecified atom stereocenters. The van der Waals surface area contributed by atoms with Crippen molar-refractivity contribution in [2.75, 3.05) is 12.4 Å². The minimum absolute atomic E-state index is 0.256. The van der Waals surface area contributed by atoms with E-state index in [1.54, 1.807) is 7.05 Å². The third-order valence-electron chi connectivity index (χ3n) is 6.02. The average molecular weight is 466 g/mol. The highest BCUT2D eigenvalue weighted by atomic mass is 16.2. The summed E-state index contributed by atoms with van der Waals surface area (Å²) < 4.78 is 1.94. The van der Waals surface area contributed by atoms with E-state index in [0.29, 0.717) is 12.2 Å². The standard InChI is InChI=1S/C27H27N7O/c1-3-34-16-23(25(33-34)18-7-9-20(10-8-18)31-27(35)29-2)21-11-12-30-26-22(21)14-24(32-26)19-6-4-5-17(13-19)15-28/h4-14,16H,3,15,28H2,1-2H3,(H,30,32)(H2,29,31,35). The Morgan fingerprint density at radius 2 is 1.89 bits per heavy atom. The minimum Gasteiger partial charge on any atom is -0.341 e. The number of benzene rings is 2. The lowest BCUT2D eigenvalue weighted by Crippen LogP contribution is -2.24. The Kier molecular flexibility index (Phi) is 6.03. The van der Waals surface area contributed by atoms with Crippen molar-refractivity contribution in [1.29, 1.82) is 0 Å². The normalized spacial score (nSPS) is 11.1. The van der Waals surface area contributed by atoms with E-state index in [1.807, 2.05) is 53.3 Å². The summed E-state index contributed by atoms with van der Waals surface area (Å²) in [6, 6.07) is 19.8. The maximum Gasteiger partial charge on any atom is 0.318 e. The van der Waals surface area contributed by atoms with Crippen LogP contribution in [-0.4, -0.2) is 32.8 Å². The zero-order chi connectivity index (χ0) is 24.4. The van der Waals surface area contributed by atoms with Gasteiger partial charge in [-0.3, -0.25) is 4.68 Å². The second-order valence-corrected chi connectivity index (χ2v) is 8.24. The van der Waals surface area contributed by atoms with E-state index in [2.05, 4.69) is 51.9 Å². The number of carbonyl (C=O) groups excluding carboxylic acids is 1. The van der Waals surface area contributed by atoms with Crippen LogP contribution in [0.3, 0.4) is 0 Å². The molecule has 0 saturated heterocycles. The number of carbonyl (C=O) groups is 1. The fourth-order valence-corrected chi connectivity index (χ4v) is 4.18. The minimum atomic E-state index is -0.256. The summed E-state index contributed by atoms with van der Waals surface area (Å²) in [6.07, 6.45) is 3.89. The van der Waals surface area contributed by atoms with Crippen LogP contribution in [0.1, 0.15) is 12.5 Å². The van der Waals surface area contributed by atoms with Gasteiger partial charge in [-0.25, -0.2) is 9.78 Å². The second kappa shape index (κ2) is 9.44. The fraction of sp³-hybridized carbons (Fsp3) is 0.148. The van der Waals surface area contributed by atoms with Gasteiger partial charge in [-0.1, -0.05) is 30.3 Å². The number of hydrogen-bond donors (Lipinski definition) is 4. The third kappa shape index (κ3) is 4.39. The molecule has 0 atom stereocenters. The maximum absolute atomic E-state index is 11.6. The van der Waals surface area contributed by atoms with Gasteiger partial charge in [0.1, 0.15) is 11.3 Å². The predicted molar refractivity (Wildman–Crippen MR) is 140 cm³/mol. The summed E-state index contributed by atoms with van der Waals surface area (Å²) in [4.78, 5) is 19.7. The van der Waals surface area contributed by atoms with Gasteiger partial charge in [-0.05, 0) is 53.9 Å². The Morgan fingerprint density at radius 3 is 2.63 bits per heavy atom. The summed E-state index contributed by atoms with van der Waals surface area (Å²) in [5, 5.41) is 11.2. The first-order valence-corrected chi connectivity index (χ1v) is 11.5. The summed E-state index contributed by atoms with van der Waals surface area (Å²) >= 11 is 0. The number of aromatic nitrogens is 4. The second-order valence-electron chi connectivity index (χ2n) is 8.24. The van der Waals surface area contributed by atoms with E-state index in [9.17, 15) is 4.79 Å². The molecule has 3 aromatic heterocycles. The number of rotatable bonds is 6. The topological polar surface area (TPSA) is 114 Å². The Hall–Kier alpha value is -4.43. The molecule has 0 saturated carbocycles. The average Bonchev–Trinajstić information content (AvgIpc) is 3.54. The van der Waals surface area contributed by atoms with E-state index < -0.39 is 0 Å². The fourth-order valence-electron chi connectivity index (χ4n) is 4.18. The molecule has 0 bridgehead atoms. The van der Waals surface area contributed by atoms with Crippen molar-refractivity contribution in [3.8, 4) is 33.6 Å². The molecule has 3 heterocycles. The van der Waals surface area contributed by atoms with Crippen LogP contribution in [0.4, 0.5) is 10.5 Å². The summed E-state index contributed by atoms with van der Waals surface area (Å²) in [5.74, 6) is 0. The third-order valence-corrected chi connectivity index (χ3v) is 6.02. The molecule has 0 aliphatic rings. The van der Waals surface area contributed by atoms with Crippen LogP contribution in [0.2, 0.25) is 0 Å². The summed E-state index contributed by atoms with van der Waals surface area (Å²) in [7, 11) is 1.59. The van der Waals surface area contributed by atoms with E-state index in [-0.39, 0.29) is 6.03 Å². The van der Waals surface area contributed by atoms with Gasteiger partial charge >= 0.3 is 6.03 Å². The van der Waals surface area contributed by atoms with Crippen molar-refractivity contribution in [2.45, 2.75) is 20.0 Å². The van der Waals surface area contributed by atoms with Gasteiger partial charge in [-0.2, -0.15) is 5.10 Å². The molecule has 35 heavy (non-hydrogen) atoms. The molecule has 2 aromatic carbocycles. The number of aryl methyl sites for hydroxylation is 1. The number of pyridine rings is 1. The van der Waals surface area contributed by atoms with Crippen LogP contribution in [-0.2, 0) is 13.1 Å². The SMILES string of the molecule is CCn1cc(-c2ccnc3[nH]c(-c4cccc(CN)c4)cc23)c(-c2ccc(NC(=O)NC)cc2)n1. The molecule has 5 rings (SSSR count). The monoisotopic (exact) mass is 465 g/mol. The highest BCUT2D eigenvalue weighted by molar-refractivity contribution is 5.99. The largest absolute Gasteiger partial charge is 0.341 e. The first-order chi connectivity index (χ1) is 17.1. The van der Waals surface area contributed by atoms with Crippen molar-refractivity contribution < 1.29 is 4.79 Å². The highest BCUT2D eigenvalue weighted by Crippen LogP contribution is 2.37. The highest BCUT2D eigenvalue weighted by Gasteiger charge is 2.17. The lowest BCUT2D eigenvalue weighted by atomic mass is 9.99. The maximum atomic E-state index is 11.6. The van der Waals surface area contributed by atoms with E-state index in [1.165, 1.54) is 0 Å². The summed E-state index contributed by atoms with van der Waals surface area (Å²) in [5.41, 5.74) is 14.4. The van der Waals surface area contributed by atoms with Crippen molar-refractivity contribution >= 4 is 22.8 Å². The molecule has 8 heteroatoms. The van der Waals surface area contributed by atoms with Gasteiger partial charge in [0.15, 0.2) is 0 Å². The number of fused-ring (bicyclic) bond motifs is 1. The first-order valence-electron chi connectivity index (χ1n) is 11.5. The number of H-pyrrole nitrogens is 1. The predicted octanol–water partition coefficient (Wildman–Crippen LogP) is 4.99. The number of nitrogens with one attached hydrogen (secondary N) is 3. The van der Waals surface area contributed by atoms with Gasteiger partial charge in [0.25, 0.3) is 0 Å². The smallest absolute Gasteiger partial charge is 0.318 e. The molecular weight excluding hydrogens is 438 g/mol. The van der Waals surface area contributed by atoms with Crippen LogP contribution in [0.5, 0.6) is 0 Å². The molecule has 5 aromatic rings. The molecule has 0 aliphatic heterocycles. The van der Waals surface area contributed by atoms with Crippen LogP contribution < -0.4 is 16.4 Å². The molecule has 5 N–H and O–H groups in total. The van der Waals surface area contributed by atoms with Gasteiger partial charge in [-0.15, -0.1) is 0 Å². The Morgan fingerprint density at radius 1 is 1.06 bits per heavy atom. The number of hydrogen-bond acceptors (Lipinski definition) is 4. The number of amides is 2. The molecule has 0 radical (unpaired) electrons. The number of urea groups is 1. The van der Waals surface area contributed by atoms with Crippen LogP contribution in [0.15, 0.2) is 73.1 Å². The molecule has 0 spiro atoms. The van der Waals surface area contributed by atoms with Crippen LogP contribution >= 0.6 is 0 Å². The van der Waals surface area contributed by atoms with Crippen molar-refractivity contribution in [3.05, 3.63) is 78.6 Å². The Balaban J connectivity index is 1.59. The number of nitrogens with two attached hydrogens (primary N) is 1. The lowest BCUT2D eigenvalue weighted by Gasteiger charge is -2.07. The Bertz CT molecular complexity index is 1500. The molecule has 0 fully saturated rings. The zero-order valence-corrected chi connectivity index (χ0v) is 19.7. The molecule has 8 nitrogen and oxygen atoms in total. The van der Waals surface area contributed by atoms with Gasteiger partial charge in [0.05, 0.1) is 0 Å². The summed E-state index contributed by atoms with van der Waals surface area (Å²) in [6.45, 7) is 3.31. The van der Waals surface area contributed by atoms with Gasteiger partial charge < -0.3 is 21.4 Å². The van der Waals surface area contributed by atoms with E-state index in [0.717, 1.165) is 56.8 Å². The first kappa shape index (κ1) is 22.4. The van der Waals surface area contributed by atoms with Gasteiger partial charge in [0, 0.05) is 60.4 Å². The molecular formula is C27H27N7O. The molecule has 176 valence electrons. The van der Waals surface area contributed by atoms with Crippen LogP contribution in [0, 0.1) is 0 Å².